The molecule has 0 aliphatic carbocycles. The molecule has 0 saturated carbocycles. The van der Waals surface area contributed by atoms with Gasteiger partial charge in [0.1, 0.15) is 5.82 Å². The molecule has 5 heteroatoms. The summed E-state index contributed by atoms with van der Waals surface area (Å²) in [4.78, 5) is 14.1. The molecule has 1 amide bonds. The molecule has 4 nitrogen and oxygen atoms in total. The molecule has 1 heterocycles. The van der Waals surface area contributed by atoms with Crippen LogP contribution < -0.4 is 5.32 Å². The average Bonchev–Trinajstić information content (AvgIpc) is 2.92. The Hall–Kier alpha value is -1.46. The molecule has 23 heavy (non-hydrogen) atoms. The van der Waals surface area contributed by atoms with Crippen LogP contribution in [0.2, 0.25) is 0 Å². The molecule has 2 N–H and O–H groups in total. The number of carbonyl (C=O) groups is 1. The van der Waals surface area contributed by atoms with Crippen molar-refractivity contribution < 1.29 is 14.3 Å². The van der Waals surface area contributed by atoms with Gasteiger partial charge in [-0.15, -0.1) is 0 Å². The molecule has 1 saturated heterocycles. The van der Waals surface area contributed by atoms with Gasteiger partial charge in [-0.3, -0.25) is 9.69 Å². The fraction of sp³-hybridized carbons (Fsp3) is 0.611. The highest BCUT2D eigenvalue weighted by molar-refractivity contribution is 5.76. The maximum absolute atomic E-state index is 13.0. The second-order valence-electron chi connectivity index (χ2n) is 6.61. The van der Waals surface area contributed by atoms with E-state index in [0.717, 1.165) is 31.5 Å². The Morgan fingerprint density at radius 2 is 2.09 bits per heavy atom. The summed E-state index contributed by atoms with van der Waals surface area (Å²) in [6.45, 7) is 5.60. The predicted molar refractivity (Wildman–Crippen MR) is 88.5 cm³/mol. The minimum absolute atomic E-state index is 0.0738. The molecule has 128 valence electrons. The van der Waals surface area contributed by atoms with Gasteiger partial charge in [0.05, 0.1) is 6.10 Å². The van der Waals surface area contributed by atoms with E-state index in [-0.39, 0.29) is 23.8 Å². The van der Waals surface area contributed by atoms with Crippen molar-refractivity contribution in [2.24, 2.45) is 0 Å². The summed E-state index contributed by atoms with van der Waals surface area (Å²) in [5.74, 6) is -0.218. The maximum atomic E-state index is 13.0. The number of hydrogen-bond acceptors (Lipinski definition) is 3. The maximum Gasteiger partial charge on any atom is 0.221 e. The first-order valence-electron chi connectivity index (χ1n) is 8.42. The Bertz CT molecular complexity index is 504. The van der Waals surface area contributed by atoms with Gasteiger partial charge in [0, 0.05) is 25.0 Å². The molecule has 0 spiro atoms. The minimum atomic E-state index is -0.592. The molecule has 1 aromatic carbocycles. The van der Waals surface area contributed by atoms with Gasteiger partial charge in [0.2, 0.25) is 5.91 Å². The highest BCUT2D eigenvalue weighted by Gasteiger charge is 2.27. The third kappa shape index (κ3) is 5.59. The third-order valence-corrected chi connectivity index (χ3v) is 4.32. The Morgan fingerprint density at radius 3 is 2.74 bits per heavy atom. The molecule has 0 aromatic heterocycles. The van der Waals surface area contributed by atoms with Gasteiger partial charge >= 0.3 is 0 Å². The van der Waals surface area contributed by atoms with Gasteiger partial charge in [-0.25, -0.2) is 4.39 Å². The average molecular weight is 322 g/mol. The summed E-state index contributed by atoms with van der Waals surface area (Å²) >= 11 is 0. The van der Waals surface area contributed by atoms with Crippen LogP contribution in [0.5, 0.6) is 0 Å². The van der Waals surface area contributed by atoms with Crippen molar-refractivity contribution in [3.63, 3.8) is 0 Å². The molecule has 0 radical (unpaired) electrons. The molecule has 2 atom stereocenters. The number of aliphatic hydroxyl groups is 1. The molecule has 2 rings (SSSR count). The molecule has 0 bridgehead atoms. The van der Waals surface area contributed by atoms with Gasteiger partial charge in [-0.05, 0) is 57.4 Å². The number of hydrogen-bond donors (Lipinski definition) is 2. The highest BCUT2D eigenvalue weighted by atomic mass is 19.1. The number of nitrogens with zero attached hydrogens (tertiary/aromatic N) is 1. The Balaban J connectivity index is 1.83. The van der Waals surface area contributed by atoms with Crippen molar-refractivity contribution in [3.8, 4) is 0 Å². The smallest absolute Gasteiger partial charge is 0.221 e. The van der Waals surface area contributed by atoms with E-state index in [0.29, 0.717) is 12.8 Å². The monoisotopic (exact) mass is 322 g/mol. The topological polar surface area (TPSA) is 52.6 Å². The van der Waals surface area contributed by atoms with Crippen LogP contribution in [-0.2, 0) is 4.79 Å². The van der Waals surface area contributed by atoms with E-state index in [1.165, 1.54) is 12.1 Å². The fourth-order valence-electron chi connectivity index (χ4n) is 3.17. The van der Waals surface area contributed by atoms with Gasteiger partial charge in [-0.1, -0.05) is 12.1 Å². The molecule has 2 unspecified atom stereocenters. The Kier molecular flexibility index (Phi) is 6.54. The van der Waals surface area contributed by atoms with Crippen LogP contribution in [0.3, 0.4) is 0 Å². The Labute approximate surface area is 137 Å². The molecular weight excluding hydrogens is 295 g/mol. The van der Waals surface area contributed by atoms with E-state index in [9.17, 15) is 14.3 Å². The number of rotatable bonds is 7. The van der Waals surface area contributed by atoms with Crippen LogP contribution in [0.1, 0.15) is 51.2 Å². The lowest BCUT2D eigenvalue weighted by atomic mass is 10.0. The summed E-state index contributed by atoms with van der Waals surface area (Å²) in [6, 6.07) is 6.46. The quantitative estimate of drug-likeness (QED) is 0.811. The summed E-state index contributed by atoms with van der Waals surface area (Å²) in [5.41, 5.74) is 0.746. The Morgan fingerprint density at radius 1 is 1.39 bits per heavy atom. The second-order valence-corrected chi connectivity index (χ2v) is 6.61. The van der Waals surface area contributed by atoms with E-state index in [1.54, 1.807) is 12.1 Å². The number of halogens is 1. The SMILES string of the molecule is CC(C)NC(=O)CCN1CCCC1CC(O)c1ccc(F)cc1. The highest BCUT2D eigenvalue weighted by Crippen LogP contribution is 2.27. The first-order valence-corrected chi connectivity index (χ1v) is 8.42. The zero-order chi connectivity index (χ0) is 16.8. The van der Waals surface area contributed by atoms with E-state index in [1.807, 2.05) is 13.8 Å². The van der Waals surface area contributed by atoms with Gasteiger partial charge in [0.25, 0.3) is 0 Å². The zero-order valence-corrected chi connectivity index (χ0v) is 14.0. The lowest BCUT2D eigenvalue weighted by Crippen LogP contribution is -2.36. The minimum Gasteiger partial charge on any atom is -0.388 e. The molecule has 1 aromatic rings. The van der Waals surface area contributed by atoms with E-state index >= 15 is 0 Å². The molecule has 1 aliphatic rings. The van der Waals surface area contributed by atoms with Crippen molar-refractivity contribution >= 4 is 5.91 Å². The summed E-state index contributed by atoms with van der Waals surface area (Å²) in [5, 5.41) is 13.3. The number of amides is 1. The van der Waals surface area contributed by atoms with Crippen molar-refractivity contribution in [1.82, 2.24) is 10.2 Å². The van der Waals surface area contributed by atoms with E-state index in [2.05, 4.69) is 10.2 Å². The first-order chi connectivity index (χ1) is 11.0. The number of likely N-dealkylation sites (tertiary alicyclic amines) is 1. The van der Waals surface area contributed by atoms with Gasteiger partial charge < -0.3 is 10.4 Å². The molecule has 1 fully saturated rings. The summed E-state index contributed by atoms with van der Waals surface area (Å²) < 4.78 is 13.0. The number of nitrogens with one attached hydrogen (secondary N) is 1. The lowest BCUT2D eigenvalue weighted by molar-refractivity contribution is -0.121. The fourth-order valence-corrected chi connectivity index (χ4v) is 3.17. The lowest BCUT2D eigenvalue weighted by Gasteiger charge is -2.26. The van der Waals surface area contributed by atoms with Gasteiger partial charge in [-0.2, -0.15) is 0 Å². The standard InChI is InChI=1S/C18H27FN2O2/c1-13(2)20-18(23)9-11-21-10-3-4-16(21)12-17(22)14-5-7-15(19)8-6-14/h5-8,13,16-17,22H,3-4,9-12H2,1-2H3,(H,20,23). The van der Waals surface area contributed by atoms with Crippen molar-refractivity contribution in [3.05, 3.63) is 35.6 Å². The van der Waals surface area contributed by atoms with Crippen molar-refractivity contribution in [2.45, 2.75) is 57.7 Å². The second kappa shape index (κ2) is 8.41. The van der Waals surface area contributed by atoms with Gasteiger partial charge in [0.15, 0.2) is 0 Å². The number of aliphatic hydroxyl groups excluding tert-OH is 1. The zero-order valence-electron chi connectivity index (χ0n) is 14.0. The van der Waals surface area contributed by atoms with Crippen LogP contribution in [0.25, 0.3) is 0 Å². The summed E-state index contributed by atoms with van der Waals surface area (Å²) in [7, 11) is 0. The number of benzene rings is 1. The molecular formula is C18H27FN2O2. The van der Waals surface area contributed by atoms with Crippen LogP contribution >= 0.6 is 0 Å². The van der Waals surface area contributed by atoms with Crippen molar-refractivity contribution in [2.75, 3.05) is 13.1 Å². The third-order valence-electron chi connectivity index (χ3n) is 4.32. The summed E-state index contributed by atoms with van der Waals surface area (Å²) in [6.07, 6.45) is 2.64. The van der Waals surface area contributed by atoms with Crippen LogP contribution in [0.4, 0.5) is 4.39 Å². The van der Waals surface area contributed by atoms with Crippen LogP contribution in [-0.4, -0.2) is 41.1 Å². The molecule has 1 aliphatic heterocycles. The van der Waals surface area contributed by atoms with Crippen LogP contribution in [0, 0.1) is 5.82 Å². The first kappa shape index (κ1) is 17.9. The van der Waals surface area contributed by atoms with Crippen molar-refractivity contribution in [1.29, 1.82) is 0 Å². The van der Waals surface area contributed by atoms with Crippen LogP contribution in [0.15, 0.2) is 24.3 Å². The largest absolute Gasteiger partial charge is 0.388 e. The van der Waals surface area contributed by atoms with E-state index in [4.69, 9.17) is 0 Å². The van der Waals surface area contributed by atoms with E-state index < -0.39 is 6.10 Å². The predicted octanol–water partition coefficient (Wildman–Crippen LogP) is 2.63. The number of carbonyl (C=O) groups excluding carboxylic acids is 1. The normalized spacial score (nSPS) is 20.0.